The third kappa shape index (κ3) is 7.02. The van der Waals surface area contributed by atoms with Crippen LogP contribution >= 0.6 is 0 Å². The minimum atomic E-state index is 0.668. The number of piperazine rings is 1. The fourth-order valence-corrected chi connectivity index (χ4v) is 2.95. The van der Waals surface area contributed by atoms with Gasteiger partial charge in [-0.3, -0.25) is 4.90 Å². The van der Waals surface area contributed by atoms with Crippen molar-refractivity contribution >= 4 is 0 Å². The van der Waals surface area contributed by atoms with Crippen LogP contribution in [0.15, 0.2) is 0 Å². The van der Waals surface area contributed by atoms with Gasteiger partial charge in [-0.05, 0) is 19.3 Å². The highest BCUT2D eigenvalue weighted by molar-refractivity contribution is 4.85. The SMILES string of the molecule is CCCC1CN(CCOCCCOC)C(CCC)CN1. The zero-order chi connectivity index (χ0) is 14.6. The first-order valence-electron chi connectivity index (χ1n) is 8.35. The zero-order valence-corrected chi connectivity index (χ0v) is 13.7. The van der Waals surface area contributed by atoms with Crippen molar-refractivity contribution in [2.24, 2.45) is 0 Å². The molecule has 1 aliphatic rings. The third-order valence-electron chi connectivity index (χ3n) is 4.03. The Kier molecular flexibility index (Phi) is 10.3. The molecule has 0 radical (unpaired) electrons. The lowest BCUT2D eigenvalue weighted by molar-refractivity contribution is 0.0530. The molecule has 1 rings (SSSR count). The molecule has 1 fully saturated rings. The van der Waals surface area contributed by atoms with Crippen LogP contribution in [0, 0.1) is 0 Å². The highest BCUT2D eigenvalue weighted by Gasteiger charge is 2.26. The zero-order valence-electron chi connectivity index (χ0n) is 13.7. The van der Waals surface area contributed by atoms with Gasteiger partial charge in [-0.15, -0.1) is 0 Å². The number of hydrogen-bond acceptors (Lipinski definition) is 4. The van der Waals surface area contributed by atoms with Crippen LogP contribution < -0.4 is 5.32 Å². The van der Waals surface area contributed by atoms with E-state index in [-0.39, 0.29) is 0 Å². The molecular weight excluding hydrogens is 252 g/mol. The standard InChI is InChI=1S/C16H34N2O2/c1-4-7-15-14-18(16(8-5-2)13-17-15)9-12-20-11-6-10-19-3/h15-17H,4-14H2,1-3H3. The van der Waals surface area contributed by atoms with Crippen molar-refractivity contribution in [1.82, 2.24) is 10.2 Å². The molecule has 0 aromatic rings. The van der Waals surface area contributed by atoms with Crippen LogP contribution in [0.3, 0.4) is 0 Å². The average Bonchev–Trinajstić information content (AvgIpc) is 2.45. The predicted octanol–water partition coefficient (Wildman–Crippen LogP) is 2.28. The fourth-order valence-electron chi connectivity index (χ4n) is 2.95. The smallest absolute Gasteiger partial charge is 0.0593 e. The first-order valence-corrected chi connectivity index (χ1v) is 8.35. The Morgan fingerprint density at radius 1 is 1.10 bits per heavy atom. The highest BCUT2D eigenvalue weighted by atomic mass is 16.5. The van der Waals surface area contributed by atoms with Crippen LogP contribution in [-0.4, -0.2) is 63.5 Å². The van der Waals surface area contributed by atoms with Crippen LogP contribution in [-0.2, 0) is 9.47 Å². The topological polar surface area (TPSA) is 33.7 Å². The molecule has 120 valence electrons. The van der Waals surface area contributed by atoms with E-state index < -0.39 is 0 Å². The van der Waals surface area contributed by atoms with Crippen LogP contribution in [0.25, 0.3) is 0 Å². The molecule has 0 saturated carbocycles. The maximum Gasteiger partial charge on any atom is 0.0593 e. The van der Waals surface area contributed by atoms with Crippen LogP contribution in [0.4, 0.5) is 0 Å². The molecule has 0 aliphatic carbocycles. The van der Waals surface area contributed by atoms with E-state index in [0.717, 1.165) is 39.3 Å². The Labute approximate surface area is 125 Å². The van der Waals surface area contributed by atoms with Crippen molar-refractivity contribution in [3.05, 3.63) is 0 Å². The van der Waals surface area contributed by atoms with E-state index in [9.17, 15) is 0 Å². The van der Waals surface area contributed by atoms with E-state index in [1.165, 1.54) is 32.2 Å². The number of nitrogens with zero attached hydrogens (tertiary/aromatic N) is 1. The largest absolute Gasteiger partial charge is 0.385 e. The van der Waals surface area contributed by atoms with Crippen molar-refractivity contribution in [3.8, 4) is 0 Å². The lowest BCUT2D eigenvalue weighted by Crippen LogP contribution is -2.57. The lowest BCUT2D eigenvalue weighted by atomic mass is 10.0. The van der Waals surface area contributed by atoms with Gasteiger partial charge in [-0.1, -0.05) is 26.7 Å². The maximum absolute atomic E-state index is 5.72. The molecule has 0 spiro atoms. The number of methoxy groups -OCH3 is 1. The average molecular weight is 286 g/mol. The van der Waals surface area contributed by atoms with Gasteiger partial charge in [0.25, 0.3) is 0 Å². The summed E-state index contributed by atoms with van der Waals surface area (Å²) in [6.07, 6.45) is 6.09. The van der Waals surface area contributed by atoms with Gasteiger partial charge in [0.15, 0.2) is 0 Å². The summed E-state index contributed by atoms with van der Waals surface area (Å²) in [5, 5.41) is 3.70. The van der Waals surface area contributed by atoms with Gasteiger partial charge >= 0.3 is 0 Å². The van der Waals surface area contributed by atoms with E-state index in [2.05, 4.69) is 24.1 Å². The quantitative estimate of drug-likeness (QED) is 0.591. The summed E-state index contributed by atoms with van der Waals surface area (Å²) in [5.41, 5.74) is 0. The molecule has 0 amide bonds. The second-order valence-corrected chi connectivity index (χ2v) is 5.79. The maximum atomic E-state index is 5.72. The molecule has 4 nitrogen and oxygen atoms in total. The number of ether oxygens (including phenoxy) is 2. The second-order valence-electron chi connectivity index (χ2n) is 5.79. The molecule has 1 heterocycles. The molecular formula is C16H34N2O2. The van der Waals surface area contributed by atoms with Crippen LogP contribution in [0.2, 0.25) is 0 Å². The van der Waals surface area contributed by atoms with Crippen molar-refractivity contribution in [1.29, 1.82) is 0 Å². The van der Waals surface area contributed by atoms with Gasteiger partial charge in [-0.25, -0.2) is 0 Å². The summed E-state index contributed by atoms with van der Waals surface area (Å²) >= 11 is 0. The molecule has 2 atom stereocenters. The van der Waals surface area contributed by atoms with Gasteiger partial charge in [0, 0.05) is 52.0 Å². The fraction of sp³-hybridized carbons (Fsp3) is 1.00. The normalized spacial score (nSPS) is 24.1. The molecule has 1 saturated heterocycles. The summed E-state index contributed by atoms with van der Waals surface area (Å²) < 4.78 is 10.7. The van der Waals surface area contributed by atoms with E-state index in [1.807, 2.05) is 0 Å². The first kappa shape index (κ1) is 17.9. The Balaban J connectivity index is 2.24. The number of rotatable bonds is 11. The van der Waals surface area contributed by atoms with Gasteiger partial charge < -0.3 is 14.8 Å². The molecule has 4 heteroatoms. The molecule has 20 heavy (non-hydrogen) atoms. The van der Waals surface area contributed by atoms with Crippen molar-refractivity contribution in [3.63, 3.8) is 0 Å². The van der Waals surface area contributed by atoms with E-state index >= 15 is 0 Å². The summed E-state index contributed by atoms with van der Waals surface area (Å²) in [6.45, 7) is 10.4. The summed E-state index contributed by atoms with van der Waals surface area (Å²) in [4.78, 5) is 2.64. The second kappa shape index (κ2) is 11.5. The predicted molar refractivity (Wildman–Crippen MR) is 84.3 cm³/mol. The molecule has 2 unspecified atom stereocenters. The van der Waals surface area contributed by atoms with E-state index in [1.54, 1.807) is 7.11 Å². The number of hydrogen-bond donors (Lipinski definition) is 1. The Morgan fingerprint density at radius 2 is 1.90 bits per heavy atom. The van der Waals surface area contributed by atoms with E-state index in [0.29, 0.717) is 12.1 Å². The first-order chi connectivity index (χ1) is 9.81. The van der Waals surface area contributed by atoms with E-state index in [4.69, 9.17) is 9.47 Å². The lowest BCUT2D eigenvalue weighted by Gasteiger charge is -2.40. The molecule has 1 N–H and O–H groups in total. The highest BCUT2D eigenvalue weighted by Crippen LogP contribution is 2.14. The third-order valence-corrected chi connectivity index (χ3v) is 4.03. The Morgan fingerprint density at radius 3 is 2.60 bits per heavy atom. The summed E-state index contributed by atoms with van der Waals surface area (Å²) in [6, 6.07) is 1.36. The molecule has 0 bridgehead atoms. The number of nitrogens with one attached hydrogen (secondary N) is 1. The van der Waals surface area contributed by atoms with Gasteiger partial charge in [0.2, 0.25) is 0 Å². The minimum Gasteiger partial charge on any atom is -0.385 e. The molecule has 0 aromatic carbocycles. The molecule has 0 aromatic heterocycles. The van der Waals surface area contributed by atoms with Gasteiger partial charge in [0.05, 0.1) is 6.61 Å². The van der Waals surface area contributed by atoms with Crippen molar-refractivity contribution < 1.29 is 9.47 Å². The summed E-state index contributed by atoms with van der Waals surface area (Å²) in [5.74, 6) is 0. The van der Waals surface area contributed by atoms with Crippen molar-refractivity contribution in [2.75, 3.05) is 46.6 Å². The monoisotopic (exact) mass is 286 g/mol. The minimum absolute atomic E-state index is 0.668. The summed E-state index contributed by atoms with van der Waals surface area (Å²) in [7, 11) is 1.74. The van der Waals surface area contributed by atoms with Crippen LogP contribution in [0.1, 0.15) is 46.0 Å². The Bertz CT molecular complexity index is 227. The molecule has 1 aliphatic heterocycles. The Hall–Kier alpha value is -0.160. The van der Waals surface area contributed by atoms with Gasteiger partial charge in [-0.2, -0.15) is 0 Å². The van der Waals surface area contributed by atoms with Gasteiger partial charge in [0.1, 0.15) is 0 Å². The van der Waals surface area contributed by atoms with Crippen LogP contribution in [0.5, 0.6) is 0 Å². The van der Waals surface area contributed by atoms with Crippen molar-refractivity contribution in [2.45, 2.75) is 58.0 Å².